The number of allylic oxidation sites excluding steroid dienone is 1. The van der Waals surface area contributed by atoms with E-state index in [0.717, 1.165) is 44.9 Å². The van der Waals surface area contributed by atoms with E-state index in [1.54, 1.807) is 0 Å². The summed E-state index contributed by atoms with van der Waals surface area (Å²) in [6.07, 6.45) is 9.82. The fourth-order valence-corrected chi connectivity index (χ4v) is 7.24. The number of rotatable bonds is 2. The minimum atomic E-state index is -0.258. The van der Waals surface area contributed by atoms with Crippen molar-refractivity contribution < 1.29 is 14.3 Å². The molecular weight excluding hydrogens is 312 g/mol. The first-order valence-electron chi connectivity index (χ1n) is 10.4. The number of carbonyl (C=O) groups excluding carboxylic acids is 2. The van der Waals surface area contributed by atoms with Crippen LogP contribution in [0.15, 0.2) is 11.6 Å². The predicted molar refractivity (Wildman–Crippen MR) is 94.9 cm³/mol. The average molecular weight is 342 g/mol. The SMILES string of the molecule is CCCC1C[C@H]2[C@@H]3C(=O)C=C4C5OC5CC[C@]4(C)[C@@H]3CC[C@]2(C)C1=O. The maximum atomic E-state index is 13.2. The second kappa shape index (κ2) is 5.06. The van der Waals surface area contributed by atoms with Gasteiger partial charge in [-0.05, 0) is 67.4 Å². The van der Waals surface area contributed by atoms with Gasteiger partial charge in [0.05, 0.1) is 6.10 Å². The van der Waals surface area contributed by atoms with E-state index in [0.29, 0.717) is 23.6 Å². The summed E-state index contributed by atoms with van der Waals surface area (Å²) in [6, 6.07) is 0. The van der Waals surface area contributed by atoms with Crippen molar-refractivity contribution in [2.45, 2.75) is 77.9 Å². The molecule has 0 radical (unpaired) electrons. The van der Waals surface area contributed by atoms with Gasteiger partial charge in [0.1, 0.15) is 11.9 Å². The first kappa shape index (κ1) is 16.2. The molecule has 1 heterocycles. The molecule has 8 atom stereocenters. The molecule has 5 rings (SSSR count). The second-order valence-electron chi connectivity index (χ2n) is 9.83. The largest absolute Gasteiger partial charge is 0.365 e. The summed E-state index contributed by atoms with van der Waals surface area (Å²) in [5.41, 5.74) is 1.14. The van der Waals surface area contributed by atoms with Crippen molar-refractivity contribution in [3.8, 4) is 0 Å². The van der Waals surface area contributed by atoms with Crippen molar-refractivity contribution in [1.82, 2.24) is 0 Å². The Labute approximate surface area is 150 Å². The molecule has 0 aromatic carbocycles. The molecule has 4 fully saturated rings. The van der Waals surface area contributed by atoms with Gasteiger partial charge >= 0.3 is 0 Å². The molecule has 3 saturated carbocycles. The number of hydrogen-bond acceptors (Lipinski definition) is 3. The Morgan fingerprint density at radius 2 is 1.88 bits per heavy atom. The van der Waals surface area contributed by atoms with Gasteiger partial charge in [0.25, 0.3) is 0 Å². The Morgan fingerprint density at radius 1 is 1.12 bits per heavy atom. The van der Waals surface area contributed by atoms with Crippen LogP contribution in [0.25, 0.3) is 0 Å². The molecule has 0 bridgehead atoms. The number of hydrogen-bond donors (Lipinski definition) is 0. The molecule has 1 saturated heterocycles. The highest BCUT2D eigenvalue weighted by atomic mass is 16.6. The van der Waals surface area contributed by atoms with Crippen LogP contribution in [0.1, 0.15) is 65.7 Å². The van der Waals surface area contributed by atoms with Crippen molar-refractivity contribution >= 4 is 11.6 Å². The van der Waals surface area contributed by atoms with Gasteiger partial charge in [-0.3, -0.25) is 9.59 Å². The van der Waals surface area contributed by atoms with Crippen LogP contribution in [0.5, 0.6) is 0 Å². The van der Waals surface area contributed by atoms with Crippen LogP contribution in [-0.2, 0) is 14.3 Å². The number of carbonyl (C=O) groups is 2. The van der Waals surface area contributed by atoms with Gasteiger partial charge in [0.15, 0.2) is 5.78 Å². The third-order valence-electron chi connectivity index (χ3n) is 8.71. The summed E-state index contributed by atoms with van der Waals surface area (Å²) in [5, 5.41) is 0. The highest BCUT2D eigenvalue weighted by Crippen LogP contribution is 2.66. The molecule has 0 aromatic rings. The van der Waals surface area contributed by atoms with Crippen LogP contribution >= 0.6 is 0 Å². The molecule has 0 amide bonds. The lowest BCUT2D eigenvalue weighted by Crippen LogP contribution is -2.53. The third-order valence-corrected chi connectivity index (χ3v) is 8.71. The van der Waals surface area contributed by atoms with Crippen LogP contribution in [-0.4, -0.2) is 23.8 Å². The Hall–Kier alpha value is -0.960. The molecule has 25 heavy (non-hydrogen) atoms. The standard InChI is InChI=1S/C22H30O3/c1-4-5-12-10-14-18-13(6-8-22(14,3)20(12)24)21(2)9-7-17-19(25-17)15(21)11-16(18)23/h11-14,17-19H,4-10H2,1-3H3/t12?,13-,14+,17?,18-,19?,21-,22+/m1/s1. The number of ether oxygens (including phenoxy) is 1. The second-order valence-corrected chi connectivity index (χ2v) is 9.83. The lowest BCUT2D eigenvalue weighted by molar-refractivity contribution is -0.140. The van der Waals surface area contributed by atoms with Crippen LogP contribution < -0.4 is 0 Å². The molecule has 0 aromatic heterocycles. The average Bonchev–Trinajstić information content (AvgIpc) is 3.32. The van der Waals surface area contributed by atoms with Gasteiger partial charge in [-0.1, -0.05) is 27.2 Å². The monoisotopic (exact) mass is 342 g/mol. The fraction of sp³-hybridized carbons (Fsp3) is 0.818. The van der Waals surface area contributed by atoms with Gasteiger partial charge in [-0.25, -0.2) is 0 Å². The zero-order chi connectivity index (χ0) is 17.6. The van der Waals surface area contributed by atoms with E-state index < -0.39 is 0 Å². The van der Waals surface area contributed by atoms with Crippen molar-refractivity contribution in [2.24, 2.45) is 34.5 Å². The highest BCUT2D eigenvalue weighted by molar-refractivity contribution is 5.97. The normalized spacial score (nSPS) is 53.5. The molecule has 3 heteroatoms. The zero-order valence-corrected chi connectivity index (χ0v) is 15.7. The Kier molecular flexibility index (Phi) is 3.28. The minimum Gasteiger partial charge on any atom is -0.365 e. The Bertz CT molecular complexity index is 679. The van der Waals surface area contributed by atoms with Gasteiger partial charge < -0.3 is 4.74 Å². The summed E-state index contributed by atoms with van der Waals surface area (Å²) in [6.45, 7) is 6.71. The summed E-state index contributed by atoms with van der Waals surface area (Å²) < 4.78 is 5.84. The topological polar surface area (TPSA) is 46.7 Å². The molecule has 1 aliphatic heterocycles. The van der Waals surface area contributed by atoms with Crippen molar-refractivity contribution in [3.05, 3.63) is 11.6 Å². The maximum Gasteiger partial charge on any atom is 0.159 e. The summed E-state index contributed by atoms with van der Waals surface area (Å²) in [4.78, 5) is 26.3. The lowest BCUT2D eigenvalue weighted by Gasteiger charge is -2.54. The number of epoxide rings is 1. The van der Waals surface area contributed by atoms with E-state index in [2.05, 4.69) is 20.8 Å². The van der Waals surface area contributed by atoms with Gasteiger partial charge in [-0.15, -0.1) is 0 Å². The van der Waals surface area contributed by atoms with Crippen LogP contribution in [0.4, 0.5) is 0 Å². The van der Waals surface area contributed by atoms with E-state index in [9.17, 15) is 9.59 Å². The van der Waals surface area contributed by atoms with Gasteiger partial charge in [0.2, 0.25) is 0 Å². The Balaban J connectivity index is 1.54. The number of Topliss-reactive ketones (excluding diaryl/α,β-unsaturated/α-hetero) is 1. The Morgan fingerprint density at radius 3 is 2.64 bits per heavy atom. The minimum absolute atomic E-state index is 0.0635. The van der Waals surface area contributed by atoms with Crippen molar-refractivity contribution in [2.75, 3.05) is 0 Å². The number of fused-ring (bicyclic) bond motifs is 7. The summed E-state index contributed by atoms with van der Waals surface area (Å²) >= 11 is 0. The summed E-state index contributed by atoms with van der Waals surface area (Å²) in [7, 11) is 0. The van der Waals surface area contributed by atoms with E-state index in [-0.39, 0.29) is 34.7 Å². The highest BCUT2D eigenvalue weighted by Gasteiger charge is 2.65. The molecular formula is C22H30O3. The first-order valence-corrected chi connectivity index (χ1v) is 10.4. The van der Waals surface area contributed by atoms with Gasteiger partial charge in [-0.2, -0.15) is 0 Å². The van der Waals surface area contributed by atoms with Crippen LogP contribution in [0.2, 0.25) is 0 Å². The van der Waals surface area contributed by atoms with E-state index in [1.807, 2.05) is 6.08 Å². The lowest BCUT2D eigenvalue weighted by atomic mass is 9.48. The van der Waals surface area contributed by atoms with E-state index >= 15 is 0 Å². The van der Waals surface area contributed by atoms with E-state index in [4.69, 9.17) is 4.74 Å². The smallest absolute Gasteiger partial charge is 0.159 e. The molecule has 0 spiro atoms. The third kappa shape index (κ3) is 1.97. The molecule has 3 nitrogen and oxygen atoms in total. The van der Waals surface area contributed by atoms with Crippen LogP contribution in [0, 0.1) is 34.5 Å². The molecule has 3 unspecified atom stereocenters. The predicted octanol–water partition coefficient (Wildman–Crippen LogP) is 4.10. The van der Waals surface area contributed by atoms with Crippen molar-refractivity contribution in [1.29, 1.82) is 0 Å². The van der Waals surface area contributed by atoms with E-state index in [1.165, 1.54) is 5.57 Å². The van der Waals surface area contributed by atoms with Crippen LogP contribution in [0.3, 0.4) is 0 Å². The van der Waals surface area contributed by atoms with Crippen molar-refractivity contribution in [3.63, 3.8) is 0 Å². The zero-order valence-electron chi connectivity index (χ0n) is 15.7. The quantitative estimate of drug-likeness (QED) is 0.710. The molecule has 5 aliphatic rings. The number of ketones is 2. The molecule has 4 aliphatic carbocycles. The summed E-state index contributed by atoms with van der Waals surface area (Å²) in [5.74, 6) is 1.68. The molecule has 136 valence electrons. The fourth-order valence-electron chi connectivity index (χ4n) is 7.24. The first-order chi connectivity index (χ1) is 11.9. The van der Waals surface area contributed by atoms with Gasteiger partial charge in [0, 0.05) is 17.3 Å². The maximum absolute atomic E-state index is 13.2. The molecule has 0 N–H and O–H groups in total.